The van der Waals surface area contributed by atoms with Crippen LogP contribution in [-0.2, 0) is 9.59 Å². The van der Waals surface area contributed by atoms with Crippen LogP contribution in [0, 0.1) is 29.1 Å². The molecule has 0 aromatic carbocycles. The standard InChI is InChI=1S/C22H37N3O2/c1-23(2)6-7-25-14-19(4-5-20(25)26)21(27)24(3)15-22-11-16-8-17(12-22)10-18(9-16)13-22/h16-19H,4-15H2,1-3H3/t16?,17?,18?,19-,22?/m0/s1. The van der Waals surface area contributed by atoms with E-state index in [1.165, 1.54) is 38.5 Å². The first kappa shape index (κ1) is 19.2. The highest BCUT2D eigenvalue weighted by Gasteiger charge is 2.51. The Hall–Kier alpha value is -1.10. The molecule has 2 amide bonds. The van der Waals surface area contributed by atoms with Crippen LogP contribution in [0.5, 0.6) is 0 Å². The van der Waals surface area contributed by atoms with Gasteiger partial charge in [0.05, 0.1) is 5.92 Å². The van der Waals surface area contributed by atoms with E-state index in [-0.39, 0.29) is 17.7 Å². The SMILES string of the molecule is CN(C)CCN1C[C@@H](C(=O)N(C)CC23CC4CC(CC(C4)C2)C3)CCC1=O. The van der Waals surface area contributed by atoms with Gasteiger partial charge in [-0.05, 0) is 82.2 Å². The van der Waals surface area contributed by atoms with Crippen LogP contribution in [0.25, 0.3) is 0 Å². The van der Waals surface area contributed by atoms with E-state index in [1.807, 2.05) is 30.9 Å². The fourth-order valence-corrected chi connectivity index (χ4v) is 7.03. The van der Waals surface area contributed by atoms with Crippen molar-refractivity contribution in [1.29, 1.82) is 0 Å². The molecule has 27 heavy (non-hydrogen) atoms. The molecule has 0 radical (unpaired) electrons. The third-order valence-electron chi connectivity index (χ3n) is 7.78. The number of hydrogen-bond acceptors (Lipinski definition) is 3. The largest absolute Gasteiger partial charge is 0.345 e. The van der Waals surface area contributed by atoms with Crippen molar-refractivity contribution < 1.29 is 9.59 Å². The summed E-state index contributed by atoms with van der Waals surface area (Å²) in [7, 11) is 6.06. The molecular formula is C22H37N3O2. The van der Waals surface area contributed by atoms with Gasteiger partial charge in [-0.2, -0.15) is 0 Å². The second-order valence-electron chi connectivity index (χ2n) is 10.5. The van der Waals surface area contributed by atoms with Gasteiger partial charge in [0, 0.05) is 39.6 Å². The molecule has 4 bridgehead atoms. The lowest BCUT2D eigenvalue weighted by molar-refractivity contribution is -0.145. The Kier molecular flexibility index (Phi) is 5.26. The monoisotopic (exact) mass is 375 g/mol. The molecule has 0 aromatic heterocycles. The van der Waals surface area contributed by atoms with Crippen LogP contribution in [0.15, 0.2) is 0 Å². The lowest BCUT2D eigenvalue weighted by atomic mass is 9.49. The smallest absolute Gasteiger partial charge is 0.227 e. The van der Waals surface area contributed by atoms with Gasteiger partial charge < -0.3 is 14.7 Å². The summed E-state index contributed by atoms with van der Waals surface area (Å²) < 4.78 is 0. The molecule has 152 valence electrons. The predicted octanol–water partition coefficient (Wildman–Crippen LogP) is 2.46. The number of piperidine rings is 1. The number of likely N-dealkylation sites (tertiary alicyclic amines) is 1. The molecule has 0 unspecified atom stereocenters. The van der Waals surface area contributed by atoms with Crippen LogP contribution < -0.4 is 0 Å². The third kappa shape index (κ3) is 4.03. The van der Waals surface area contributed by atoms with Gasteiger partial charge in [-0.25, -0.2) is 0 Å². The number of nitrogens with zero attached hydrogens (tertiary/aromatic N) is 3. The molecule has 1 heterocycles. The minimum absolute atomic E-state index is 0.0104. The Labute approximate surface area is 164 Å². The number of hydrogen-bond donors (Lipinski definition) is 0. The molecule has 0 N–H and O–H groups in total. The maximum Gasteiger partial charge on any atom is 0.227 e. The summed E-state index contributed by atoms with van der Waals surface area (Å²) in [5, 5.41) is 0. The zero-order valence-electron chi connectivity index (χ0n) is 17.5. The number of likely N-dealkylation sites (N-methyl/N-ethyl adjacent to an activating group) is 1. The van der Waals surface area contributed by atoms with Gasteiger partial charge in [0.2, 0.25) is 11.8 Å². The molecule has 4 saturated carbocycles. The van der Waals surface area contributed by atoms with Crippen molar-refractivity contribution in [2.24, 2.45) is 29.1 Å². The van der Waals surface area contributed by atoms with E-state index >= 15 is 0 Å². The number of rotatable bonds is 6. The quantitative estimate of drug-likeness (QED) is 0.716. The first-order valence-electron chi connectivity index (χ1n) is 11.0. The van der Waals surface area contributed by atoms with Crippen molar-refractivity contribution >= 4 is 11.8 Å². The maximum absolute atomic E-state index is 13.2. The fourth-order valence-electron chi connectivity index (χ4n) is 7.03. The van der Waals surface area contributed by atoms with E-state index < -0.39 is 0 Å². The zero-order valence-corrected chi connectivity index (χ0v) is 17.5. The molecule has 5 aliphatic rings. The number of amides is 2. The highest BCUT2D eigenvalue weighted by atomic mass is 16.2. The molecule has 5 nitrogen and oxygen atoms in total. The maximum atomic E-state index is 13.2. The highest BCUT2D eigenvalue weighted by Crippen LogP contribution is 2.60. The van der Waals surface area contributed by atoms with Crippen molar-refractivity contribution in [3.05, 3.63) is 0 Å². The van der Waals surface area contributed by atoms with Crippen LogP contribution in [0.2, 0.25) is 0 Å². The Morgan fingerprint density at radius 1 is 1.07 bits per heavy atom. The van der Waals surface area contributed by atoms with Gasteiger partial charge in [-0.3, -0.25) is 9.59 Å². The van der Waals surface area contributed by atoms with Crippen molar-refractivity contribution in [2.75, 3.05) is 47.3 Å². The van der Waals surface area contributed by atoms with Gasteiger partial charge in [0.1, 0.15) is 0 Å². The van der Waals surface area contributed by atoms with E-state index in [4.69, 9.17) is 0 Å². The van der Waals surface area contributed by atoms with Gasteiger partial charge >= 0.3 is 0 Å². The second kappa shape index (κ2) is 7.38. The molecule has 4 aliphatic carbocycles. The van der Waals surface area contributed by atoms with Crippen LogP contribution >= 0.6 is 0 Å². The van der Waals surface area contributed by atoms with Gasteiger partial charge in [-0.1, -0.05) is 0 Å². The Bertz CT molecular complexity index is 553. The van der Waals surface area contributed by atoms with Crippen LogP contribution in [0.3, 0.4) is 0 Å². The van der Waals surface area contributed by atoms with Crippen molar-refractivity contribution in [3.8, 4) is 0 Å². The van der Waals surface area contributed by atoms with E-state index in [0.717, 1.165) is 43.8 Å². The van der Waals surface area contributed by atoms with Crippen molar-refractivity contribution in [2.45, 2.75) is 51.4 Å². The highest BCUT2D eigenvalue weighted by molar-refractivity contribution is 5.83. The predicted molar refractivity (Wildman–Crippen MR) is 106 cm³/mol. The third-order valence-corrected chi connectivity index (χ3v) is 7.78. The summed E-state index contributed by atoms with van der Waals surface area (Å²) in [5.41, 5.74) is 0.397. The minimum atomic E-state index is -0.0104. The average Bonchev–Trinajstić information content (AvgIpc) is 2.58. The minimum Gasteiger partial charge on any atom is -0.345 e. The molecule has 0 aromatic rings. The first-order valence-corrected chi connectivity index (χ1v) is 11.0. The molecule has 1 atom stereocenters. The summed E-state index contributed by atoms with van der Waals surface area (Å²) >= 11 is 0. The molecule has 1 saturated heterocycles. The lowest BCUT2D eigenvalue weighted by Crippen LogP contribution is -2.53. The topological polar surface area (TPSA) is 43.9 Å². The van der Waals surface area contributed by atoms with Crippen molar-refractivity contribution in [1.82, 2.24) is 14.7 Å². The Balaban J connectivity index is 1.35. The first-order chi connectivity index (χ1) is 12.8. The summed E-state index contributed by atoms with van der Waals surface area (Å²) in [6.45, 7) is 3.14. The second-order valence-corrected chi connectivity index (χ2v) is 10.5. The van der Waals surface area contributed by atoms with E-state index in [1.54, 1.807) is 0 Å². The van der Waals surface area contributed by atoms with Gasteiger partial charge in [-0.15, -0.1) is 0 Å². The molecular weight excluding hydrogens is 338 g/mol. The lowest BCUT2D eigenvalue weighted by Gasteiger charge is -2.57. The molecule has 5 fully saturated rings. The molecule has 5 rings (SSSR count). The average molecular weight is 376 g/mol. The zero-order chi connectivity index (χ0) is 19.2. The van der Waals surface area contributed by atoms with E-state index in [9.17, 15) is 9.59 Å². The van der Waals surface area contributed by atoms with E-state index in [0.29, 0.717) is 18.4 Å². The normalized spacial score (nSPS) is 37.9. The van der Waals surface area contributed by atoms with Crippen molar-refractivity contribution in [3.63, 3.8) is 0 Å². The number of carbonyl (C=O) groups is 2. The van der Waals surface area contributed by atoms with Gasteiger partial charge in [0.15, 0.2) is 0 Å². The number of carbonyl (C=O) groups excluding carboxylic acids is 2. The Morgan fingerprint density at radius 2 is 1.67 bits per heavy atom. The summed E-state index contributed by atoms with van der Waals surface area (Å²) in [4.78, 5) is 31.5. The van der Waals surface area contributed by atoms with Crippen LogP contribution in [0.1, 0.15) is 51.4 Å². The van der Waals surface area contributed by atoms with Crippen LogP contribution in [0.4, 0.5) is 0 Å². The van der Waals surface area contributed by atoms with E-state index in [2.05, 4.69) is 4.90 Å². The Morgan fingerprint density at radius 3 is 2.22 bits per heavy atom. The molecule has 5 heteroatoms. The summed E-state index contributed by atoms with van der Waals surface area (Å²) in [6.07, 6.45) is 9.61. The van der Waals surface area contributed by atoms with Crippen LogP contribution in [-0.4, -0.2) is 73.8 Å². The fraction of sp³-hybridized carbons (Fsp3) is 0.909. The van der Waals surface area contributed by atoms with Gasteiger partial charge in [0.25, 0.3) is 0 Å². The summed E-state index contributed by atoms with van der Waals surface area (Å²) in [5.74, 6) is 3.25. The molecule has 1 aliphatic heterocycles. The summed E-state index contributed by atoms with van der Waals surface area (Å²) in [6, 6.07) is 0. The molecule has 0 spiro atoms.